The fourth-order valence-corrected chi connectivity index (χ4v) is 1.44. The summed E-state index contributed by atoms with van der Waals surface area (Å²) in [5.41, 5.74) is 7.58. The Morgan fingerprint density at radius 2 is 1.82 bits per heavy atom. The summed E-state index contributed by atoms with van der Waals surface area (Å²) in [5.74, 6) is -0.349. The van der Waals surface area contributed by atoms with Gasteiger partial charge in [-0.05, 0) is 39.7 Å². The molecule has 0 aliphatic carbocycles. The van der Waals surface area contributed by atoms with Crippen molar-refractivity contribution in [1.82, 2.24) is 0 Å². The Hall–Kier alpha value is -1.35. The van der Waals surface area contributed by atoms with Crippen LogP contribution in [0.3, 0.4) is 0 Å². The normalized spacial score (nSPS) is 13.2. The van der Waals surface area contributed by atoms with Gasteiger partial charge in [-0.1, -0.05) is 29.8 Å². The Bertz CT molecular complexity index is 376. The van der Waals surface area contributed by atoms with Gasteiger partial charge in [0.25, 0.3) is 0 Å². The molecule has 0 spiro atoms. The smallest absolute Gasteiger partial charge is 0.323 e. The predicted octanol–water partition coefficient (Wildman–Crippen LogP) is 2.21. The second kappa shape index (κ2) is 5.32. The molecule has 1 atom stereocenters. The second-order valence-electron chi connectivity index (χ2n) is 5.33. The van der Waals surface area contributed by atoms with E-state index in [9.17, 15) is 4.79 Å². The zero-order valence-corrected chi connectivity index (χ0v) is 11.0. The fourth-order valence-electron chi connectivity index (χ4n) is 1.44. The first kappa shape index (κ1) is 13.7. The number of rotatable bonds is 3. The quantitative estimate of drug-likeness (QED) is 0.817. The molecule has 94 valence electrons. The van der Waals surface area contributed by atoms with Crippen molar-refractivity contribution in [3.63, 3.8) is 0 Å². The highest BCUT2D eigenvalue weighted by molar-refractivity contribution is 5.76. The highest BCUT2D eigenvalue weighted by Crippen LogP contribution is 2.11. The highest BCUT2D eigenvalue weighted by atomic mass is 16.6. The highest BCUT2D eigenvalue weighted by Gasteiger charge is 2.22. The van der Waals surface area contributed by atoms with Crippen molar-refractivity contribution in [1.29, 1.82) is 0 Å². The maximum atomic E-state index is 11.7. The molecular formula is C14H21NO2. The molecule has 0 heterocycles. The van der Waals surface area contributed by atoms with Crippen LogP contribution in [0, 0.1) is 6.92 Å². The minimum Gasteiger partial charge on any atom is -0.459 e. The molecule has 17 heavy (non-hydrogen) atoms. The molecule has 1 aromatic rings. The Kier molecular flexibility index (Phi) is 4.29. The van der Waals surface area contributed by atoms with Gasteiger partial charge in [-0.2, -0.15) is 0 Å². The zero-order chi connectivity index (χ0) is 13.1. The van der Waals surface area contributed by atoms with E-state index in [2.05, 4.69) is 0 Å². The van der Waals surface area contributed by atoms with Crippen LogP contribution in [0.15, 0.2) is 24.3 Å². The molecule has 1 aromatic carbocycles. The van der Waals surface area contributed by atoms with Gasteiger partial charge >= 0.3 is 5.97 Å². The molecule has 0 aliphatic heterocycles. The number of hydrogen-bond acceptors (Lipinski definition) is 3. The first-order chi connectivity index (χ1) is 7.78. The molecule has 1 rings (SSSR count). The Morgan fingerprint density at radius 3 is 2.29 bits per heavy atom. The van der Waals surface area contributed by atoms with Gasteiger partial charge < -0.3 is 10.5 Å². The summed E-state index contributed by atoms with van der Waals surface area (Å²) in [5, 5.41) is 0. The lowest BCUT2D eigenvalue weighted by molar-refractivity contribution is -0.156. The molecule has 0 bridgehead atoms. The minimum absolute atomic E-state index is 0.349. The van der Waals surface area contributed by atoms with E-state index in [1.165, 1.54) is 5.56 Å². The van der Waals surface area contributed by atoms with E-state index in [1.54, 1.807) is 0 Å². The van der Waals surface area contributed by atoms with Crippen LogP contribution in [-0.2, 0) is 16.0 Å². The summed E-state index contributed by atoms with van der Waals surface area (Å²) >= 11 is 0. The van der Waals surface area contributed by atoms with Crippen LogP contribution in [-0.4, -0.2) is 17.6 Å². The fraction of sp³-hybridized carbons (Fsp3) is 0.500. The summed E-state index contributed by atoms with van der Waals surface area (Å²) in [6.45, 7) is 7.54. The topological polar surface area (TPSA) is 52.3 Å². The molecule has 0 radical (unpaired) electrons. The molecule has 0 saturated heterocycles. The lowest BCUT2D eigenvalue weighted by atomic mass is 10.0. The Morgan fingerprint density at radius 1 is 1.29 bits per heavy atom. The van der Waals surface area contributed by atoms with Crippen LogP contribution in [0.1, 0.15) is 31.9 Å². The van der Waals surface area contributed by atoms with Crippen molar-refractivity contribution in [3.8, 4) is 0 Å². The first-order valence-electron chi connectivity index (χ1n) is 5.82. The number of esters is 1. The maximum absolute atomic E-state index is 11.7. The summed E-state index contributed by atoms with van der Waals surface area (Å²) in [4.78, 5) is 11.7. The summed E-state index contributed by atoms with van der Waals surface area (Å²) in [6.07, 6.45) is 0.509. The third-order valence-electron chi connectivity index (χ3n) is 2.29. The van der Waals surface area contributed by atoms with Gasteiger partial charge in [0, 0.05) is 0 Å². The number of carbonyl (C=O) groups is 1. The molecule has 3 heteroatoms. The van der Waals surface area contributed by atoms with E-state index in [0.29, 0.717) is 6.42 Å². The molecular weight excluding hydrogens is 214 g/mol. The van der Waals surface area contributed by atoms with Gasteiger partial charge in [0.2, 0.25) is 0 Å². The average Bonchev–Trinajstić information content (AvgIpc) is 2.19. The molecule has 3 nitrogen and oxygen atoms in total. The van der Waals surface area contributed by atoms with Crippen molar-refractivity contribution in [2.75, 3.05) is 0 Å². The van der Waals surface area contributed by atoms with Crippen LogP contribution in [0.25, 0.3) is 0 Å². The number of nitrogens with two attached hydrogens (primary N) is 1. The molecule has 0 aromatic heterocycles. The maximum Gasteiger partial charge on any atom is 0.323 e. The van der Waals surface area contributed by atoms with Crippen molar-refractivity contribution < 1.29 is 9.53 Å². The van der Waals surface area contributed by atoms with Crippen LogP contribution in [0.2, 0.25) is 0 Å². The summed E-state index contributed by atoms with van der Waals surface area (Å²) in [6, 6.07) is 7.39. The number of benzene rings is 1. The van der Waals surface area contributed by atoms with Crippen molar-refractivity contribution in [2.45, 2.75) is 45.8 Å². The zero-order valence-electron chi connectivity index (χ0n) is 11.0. The van der Waals surface area contributed by atoms with Crippen LogP contribution in [0.4, 0.5) is 0 Å². The predicted molar refractivity (Wildman–Crippen MR) is 68.7 cm³/mol. The summed E-state index contributed by atoms with van der Waals surface area (Å²) < 4.78 is 5.23. The average molecular weight is 235 g/mol. The van der Waals surface area contributed by atoms with Gasteiger partial charge in [-0.25, -0.2) is 0 Å². The van der Waals surface area contributed by atoms with E-state index >= 15 is 0 Å². The van der Waals surface area contributed by atoms with E-state index < -0.39 is 11.6 Å². The SMILES string of the molecule is Cc1ccc(C[C@@H](N)C(=O)OC(C)(C)C)cc1. The number of hydrogen-bond donors (Lipinski definition) is 1. The second-order valence-corrected chi connectivity index (χ2v) is 5.33. The molecule has 0 unspecified atom stereocenters. The molecule has 0 fully saturated rings. The van der Waals surface area contributed by atoms with Gasteiger partial charge in [-0.3, -0.25) is 4.79 Å². The van der Waals surface area contributed by atoms with E-state index in [0.717, 1.165) is 5.56 Å². The van der Waals surface area contributed by atoms with Crippen molar-refractivity contribution in [3.05, 3.63) is 35.4 Å². The number of ether oxygens (including phenoxy) is 1. The monoisotopic (exact) mass is 235 g/mol. The van der Waals surface area contributed by atoms with Gasteiger partial charge in [0.1, 0.15) is 11.6 Å². The van der Waals surface area contributed by atoms with E-state index in [1.807, 2.05) is 52.0 Å². The lowest BCUT2D eigenvalue weighted by Gasteiger charge is -2.22. The number of carbonyl (C=O) groups excluding carboxylic acids is 1. The molecule has 0 amide bonds. The van der Waals surface area contributed by atoms with Gasteiger partial charge in [-0.15, -0.1) is 0 Å². The first-order valence-corrected chi connectivity index (χ1v) is 5.82. The molecule has 0 saturated carbocycles. The lowest BCUT2D eigenvalue weighted by Crippen LogP contribution is -2.38. The number of aryl methyl sites for hydroxylation is 1. The van der Waals surface area contributed by atoms with Crippen molar-refractivity contribution >= 4 is 5.97 Å². The third-order valence-corrected chi connectivity index (χ3v) is 2.29. The van der Waals surface area contributed by atoms with Gasteiger partial charge in [0.05, 0.1) is 0 Å². The van der Waals surface area contributed by atoms with Crippen molar-refractivity contribution in [2.24, 2.45) is 5.73 Å². The third kappa shape index (κ3) is 5.00. The molecule has 0 aliphatic rings. The van der Waals surface area contributed by atoms with E-state index in [-0.39, 0.29) is 5.97 Å². The summed E-state index contributed by atoms with van der Waals surface area (Å²) in [7, 11) is 0. The van der Waals surface area contributed by atoms with Gasteiger partial charge in [0.15, 0.2) is 0 Å². The van der Waals surface area contributed by atoms with Crippen LogP contribution in [0.5, 0.6) is 0 Å². The molecule has 2 N–H and O–H groups in total. The largest absolute Gasteiger partial charge is 0.459 e. The minimum atomic E-state index is -0.600. The standard InChI is InChI=1S/C14H21NO2/c1-10-5-7-11(8-6-10)9-12(15)13(16)17-14(2,3)4/h5-8,12H,9,15H2,1-4H3/t12-/m1/s1. The Labute approximate surface area is 103 Å². The van der Waals surface area contributed by atoms with E-state index in [4.69, 9.17) is 10.5 Å². The van der Waals surface area contributed by atoms with Crippen LogP contribution < -0.4 is 5.73 Å². The van der Waals surface area contributed by atoms with Crippen LogP contribution >= 0.6 is 0 Å². The Balaban J connectivity index is 2.57.